The Morgan fingerprint density at radius 3 is 2.29 bits per heavy atom. The van der Waals surface area contributed by atoms with Gasteiger partial charge in [-0.3, -0.25) is 9.80 Å². The van der Waals surface area contributed by atoms with Gasteiger partial charge in [-0.05, 0) is 46.3 Å². The first-order valence-electron chi connectivity index (χ1n) is 11.3. The number of rotatable bonds is 10. The molecule has 0 amide bonds. The maximum Gasteiger partial charge on any atom is 0.173 e. The molecular formula is C25H32N6O3. The van der Waals surface area contributed by atoms with Gasteiger partial charge in [-0.15, -0.1) is 11.7 Å². The van der Waals surface area contributed by atoms with Crippen LogP contribution in [0.1, 0.15) is 23.0 Å². The van der Waals surface area contributed by atoms with Gasteiger partial charge in [-0.1, -0.05) is 18.2 Å². The zero-order chi connectivity index (χ0) is 23.9. The van der Waals surface area contributed by atoms with Gasteiger partial charge in [-0.2, -0.15) is 0 Å². The number of tetrazole rings is 1. The Bertz CT molecular complexity index is 1080. The van der Waals surface area contributed by atoms with Gasteiger partial charge in [0, 0.05) is 38.3 Å². The number of hydrogen-bond donors (Lipinski definition) is 0. The predicted octanol–water partition coefficient (Wildman–Crippen LogP) is 2.64. The third kappa shape index (κ3) is 5.21. The molecule has 0 radical (unpaired) electrons. The first kappa shape index (κ1) is 23.7. The lowest BCUT2D eigenvalue weighted by Gasteiger charge is -2.39. The Balaban J connectivity index is 1.71. The SMILES string of the molecule is C=CCN1CCN(C(c2cc(OC)ccc2OC)c2nnnn2Cc2ccc(OC)cc2)CC1. The van der Waals surface area contributed by atoms with E-state index >= 15 is 0 Å². The third-order valence-corrected chi connectivity index (χ3v) is 6.19. The van der Waals surface area contributed by atoms with E-state index in [1.165, 1.54) is 0 Å². The molecule has 3 aromatic rings. The van der Waals surface area contributed by atoms with Crippen molar-refractivity contribution >= 4 is 0 Å². The second-order valence-corrected chi connectivity index (χ2v) is 8.18. The maximum atomic E-state index is 5.76. The van der Waals surface area contributed by atoms with Crippen LogP contribution in [0.3, 0.4) is 0 Å². The van der Waals surface area contributed by atoms with Crippen LogP contribution in [0, 0.1) is 0 Å². The lowest BCUT2D eigenvalue weighted by molar-refractivity contribution is 0.111. The molecule has 1 saturated heterocycles. The van der Waals surface area contributed by atoms with E-state index in [0.717, 1.165) is 66.9 Å². The molecule has 4 rings (SSSR count). The van der Waals surface area contributed by atoms with Crippen LogP contribution in [0.2, 0.25) is 0 Å². The fraction of sp³-hybridized carbons (Fsp3) is 0.400. The summed E-state index contributed by atoms with van der Waals surface area (Å²) in [5.41, 5.74) is 2.06. The molecule has 0 aliphatic carbocycles. The van der Waals surface area contributed by atoms with E-state index in [1.54, 1.807) is 21.3 Å². The van der Waals surface area contributed by atoms with Crippen molar-refractivity contribution in [3.63, 3.8) is 0 Å². The number of methoxy groups -OCH3 is 3. The summed E-state index contributed by atoms with van der Waals surface area (Å²) >= 11 is 0. The summed E-state index contributed by atoms with van der Waals surface area (Å²) in [6.45, 7) is 8.93. The zero-order valence-corrected chi connectivity index (χ0v) is 20.1. The summed E-state index contributed by atoms with van der Waals surface area (Å²) in [5, 5.41) is 12.9. The van der Waals surface area contributed by atoms with Gasteiger partial charge in [0.15, 0.2) is 5.82 Å². The van der Waals surface area contributed by atoms with Crippen LogP contribution < -0.4 is 14.2 Å². The van der Waals surface area contributed by atoms with Crippen LogP contribution in [-0.2, 0) is 6.54 Å². The first-order valence-corrected chi connectivity index (χ1v) is 11.3. The summed E-state index contributed by atoms with van der Waals surface area (Å²) < 4.78 is 18.5. The third-order valence-electron chi connectivity index (χ3n) is 6.19. The summed E-state index contributed by atoms with van der Waals surface area (Å²) in [6.07, 6.45) is 1.95. The van der Waals surface area contributed by atoms with Crippen molar-refractivity contribution in [1.29, 1.82) is 0 Å². The molecule has 1 aliphatic heterocycles. The molecule has 0 spiro atoms. The summed E-state index contributed by atoms with van der Waals surface area (Å²) in [5.74, 6) is 3.12. The van der Waals surface area contributed by atoms with E-state index in [4.69, 9.17) is 14.2 Å². The molecule has 180 valence electrons. The standard InChI is InChI=1S/C25H32N6O3/c1-5-12-29-13-15-30(16-14-29)24(22-17-21(33-3)10-11-23(22)34-4)25-26-27-28-31(25)18-19-6-8-20(32-2)9-7-19/h5-11,17,24H,1,12-16,18H2,2-4H3. The molecule has 2 aromatic carbocycles. The molecule has 1 aromatic heterocycles. The Hall–Kier alpha value is -3.43. The highest BCUT2D eigenvalue weighted by molar-refractivity contribution is 5.44. The highest BCUT2D eigenvalue weighted by Gasteiger charge is 2.32. The molecule has 2 heterocycles. The Morgan fingerprint density at radius 1 is 0.941 bits per heavy atom. The Morgan fingerprint density at radius 2 is 1.65 bits per heavy atom. The largest absolute Gasteiger partial charge is 0.497 e. The van der Waals surface area contributed by atoms with Crippen LogP contribution in [0.25, 0.3) is 0 Å². The summed E-state index contributed by atoms with van der Waals surface area (Å²) in [4.78, 5) is 4.80. The van der Waals surface area contributed by atoms with Gasteiger partial charge in [0.25, 0.3) is 0 Å². The molecular weight excluding hydrogens is 432 g/mol. The molecule has 1 aliphatic rings. The topological polar surface area (TPSA) is 77.8 Å². The minimum absolute atomic E-state index is 0.191. The number of ether oxygens (including phenoxy) is 3. The van der Waals surface area contributed by atoms with E-state index in [9.17, 15) is 0 Å². The molecule has 9 heteroatoms. The van der Waals surface area contributed by atoms with Gasteiger partial charge in [0.1, 0.15) is 23.3 Å². The molecule has 0 N–H and O–H groups in total. The average Bonchev–Trinajstić information content (AvgIpc) is 3.33. The summed E-state index contributed by atoms with van der Waals surface area (Å²) in [7, 11) is 5.02. The minimum atomic E-state index is -0.191. The van der Waals surface area contributed by atoms with E-state index in [2.05, 4.69) is 31.9 Å². The highest BCUT2D eigenvalue weighted by Crippen LogP contribution is 2.36. The minimum Gasteiger partial charge on any atom is -0.497 e. The molecule has 1 atom stereocenters. The summed E-state index contributed by atoms with van der Waals surface area (Å²) in [6, 6.07) is 13.6. The lowest BCUT2D eigenvalue weighted by Crippen LogP contribution is -2.48. The molecule has 0 bridgehead atoms. The fourth-order valence-electron chi connectivity index (χ4n) is 4.36. The van der Waals surface area contributed by atoms with Crippen LogP contribution in [0.5, 0.6) is 17.2 Å². The molecule has 1 unspecified atom stereocenters. The molecule has 0 saturated carbocycles. The number of benzene rings is 2. The quantitative estimate of drug-likeness (QED) is 0.424. The fourth-order valence-corrected chi connectivity index (χ4v) is 4.36. The van der Waals surface area contributed by atoms with Crippen molar-refractivity contribution in [2.45, 2.75) is 12.6 Å². The highest BCUT2D eigenvalue weighted by atomic mass is 16.5. The van der Waals surface area contributed by atoms with E-state index in [0.29, 0.717) is 6.54 Å². The van der Waals surface area contributed by atoms with Gasteiger partial charge in [0.05, 0.1) is 27.9 Å². The number of nitrogens with zero attached hydrogens (tertiary/aromatic N) is 6. The van der Waals surface area contributed by atoms with Crippen molar-refractivity contribution < 1.29 is 14.2 Å². The molecule has 1 fully saturated rings. The first-order chi connectivity index (χ1) is 16.7. The van der Waals surface area contributed by atoms with Gasteiger partial charge in [-0.25, -0.2) is 4.68 Å². The predicted molar refractivity (Wildman–Crippen MR) is 130 cm³/mol. The number of piperazine rings is 1. The Labute approximate surface area is 200 Å². The maximum absolute atomic E-state index is 5.76. The zero-order valence-electron chi connectivity index (χ0n) is 20.1. The number of hydrogen-bond acceptors (Lipinski definition) is 8. The normalized spacial score (nSPS) is 15.6. The average molecular weight is 465 g/mol. The van der Waals surface area contributed by atoms with Crippen molar-refractivity contribution in [1.82, 2.24) is 30.0 Å². The van der Waals surface area contributed by atoms with Crippen LogP contribution in [0.15, 0.2) is 55.1 Å². The Kier molecular flexibility index (Phi) is 7.76. The second kappa shape index (κ2) is 11.1. The number of aromatic nitrogens is 4. The van der Waals surface area contributed by atoms with Crippen LogP contribution >= 0.6 is 0 Å². The van der Waals surface area contributed by atoms with Crippen molar-refractivity contribution in [2.24, 2.45) is 0 Å². The van der Waals surface area contributed by atoms with E-state index < -0.39 is 0 Å². The smallest absolute Gasteiger partial charge is 0.173 e. The van der Waals surface area contributed by atoms with Crippen LogP contribution in [0.4, 0.5) is 0 Å². The lowest BCUT2D eigenvalue weighted by atomic mass is 10.0. The molecule has 9 nitrogen and oxygen atoms in total. The molecule has 34 heavy (non-hydrogen) atoms. The van der Waals surface area contributed by atoms with Gasteiger partial charge >= 0.3 is 0 Å². The van der Waals surface area contributed by atoms with Crippen molar-refractivity contribution in [3.05, 3.63) is 72.1 Å². The van der Waals surface area contributed by atoms with Crippen molar-refractivity contribution in [3.8, 4) is 17.2 Å². The second-order valence-electron chi connectivity index (χ2n) is 8.18. The van der Waals surface area contributed by atoms with Crippen LogP contribution in [-0.4, -0.2) is 84.1 Å². The van der Waals surface area contributed by atoms with Gasteiger partial charge < -0.3 is 14.2 Å². The van der Waals surface area contributed by atoms with Crippen molar-refractivity contribution in [2.75, 3.05) is 54.1 Å². The van der Waals surface area contributed by atoms with Gasteiger partial charge in [0.2, 0.25) is 0 Å². The van der Waals surface area contributed by atoms with E-state index in [1.807, 2.05) is 53.2 Å². The van der Waals surface area contributed by atoms with E-state index in [-0.39, 0.29) is 6.04 Å². The monoisotopic (exact) mass is 464 g/mol.